The molecule has 4 rings (SSSR count). The third kappa shape index (κ3) is 8.84. The van der Waals surface area contributed by atoms with Crippen molar-refractivity contribution in [3.8, 4) is 0 Å². The SMILES string of the molecule is CCCC[PH](CCCC)(CCCC)C(CP(c1ccccc1)c1ccccc1)P(c1ccccc1)c1ccccc1. The average molecular weight is 601 g/mol. The molecule has 1 atom stereocenters. The quantitative estimate of drug-likeness (QED) is 0.106. The first-order valence-electron chi connectivity index (χ1n) is 16.0. The van der Waals surface area contributed by atoms with E-state index in [0.29, 0.717) is 0 Å². The number of hydrogen-bond donors (Lipinski definition) is 0. The van der Waals surface area contributed by atoms with Gasteiger partial charge in [-0.2, -0.15) is 0 Å². The van der Waals surface area contributed by atoms with E-state index in [1.807, 2.05) is 0 Å². The van der Waals surface area contributed by atoms with Gasteiger partial charge in [0.05, 0.1) is 0 Å². The van der Waals surface area contributed by atoms with Gasteiger partial charge in [0, 0.05) is 0 Å². The molecule has 0 radical (unpaired) electrons. The number of benzene rings is 4. The van der Waals surface area contributed by atoms with E-state index in [9.17, 15) is 0 Å². The molecule has 0 amide bonds. The molecule has 0 bridgehead atoms. The Bertz CT molecular complexity index is 1130. The molecule has 0 saturated carbocycles. The standard InChI is InChI=1S/C38H51P3/c1-4-7-30-41(31-8-5-2,32-9-6-3)38(40(36-26-18-12-19-27-36)37-28-20-13-21-29-37)33-39(34-22-14-10-15-23-34)35-24-16-11-17-25-35/h10-29,38,41H,4-9,30-33H2,1-3H3. The molecule has 218 valence electrons. The van der Waals surface area contributed by atoms with Crippen molar-refractivity contribution in [2.75, 3.05) is 24.6 Å². The fourth-order valence-corrected chi connectivity index (χ4v) is 23.0. The number of rotatable bonds is 17. The van der Waals surface area contributed by atoms with Gasteiger partial charge in [0.25, 0.3) is 0 Å². The van der Waals surface area contributed by atoms with Crippen molar-refractivity contribution < 1.29 is 0 Å². The van der Waals surface area contributed by atoms with Crippen LogP contribution in [0.1, 0.15) is 59.3 Å². The molecule has 4 aromatic rings. The fraction of sp³-hybridized carbons (Fsp3) is 0.368. The molecular weight excluding hydrogens is 549 g/mol. The van der Waals surface area contributed by atoms with E-state index in [1.54, 1.807) is 21.2 Å². The van der Waals surface area contributed by atoms with E-state index in [0.717, 1.165) is 5.40 Å². The molecule has 0 heterocycles. The fourth-order valence-electron chi connectivity index (χ4n) is 6.45. The Labute approximate surface area is 254 Å². The van der Waals surface area contributed by atoms with Gasteiger partial charge in [0.15, 0.2) is 0 Å². The molecule has 0 nitrogen and oxygen atoms in total. The summed E-state index contributed by atoms with van der Waals surface area (Å²) < 4.78 is 0. The van der Waals surface area contributed by atoms with Crippen LogP contribution in [-0.4, -0.2) is 30.0 Å². The molecule has 0 spiro atoms. The molecule has 0 fully saturated rings. The molecule has 0 aliphatic rings. The van der Waals surface area contributed by atoms with Crippen molar-refractivity contribution in [3.63, 3.8) is 0 Å². The van der Waals surface area contributed by atoms with Crippen molar-refractivity contribution in [1.82, 2.24) is 0 Å². The average Bonchev–Trinajstić information content (AvgIpc) is 3.04. The second-order valence-corrected chi connectivity index (χ2v) is 21.6. The molecule has 0 aromatic heterocycles. The van der Waals surface area contributed by atoms with Crippen LogP contribution in [0, 0.1) is 0 Å². The normalized spacial score (nSPS) is 13.0. The first-order chi connectivity index (χ1) is 20.2. The molecule has 41 heavy (non-hydrogen) atoms. The van der Waals surface area contributed by atoms with Gasteiger partial charge >= 0.3 is 255 Å². The predicted molar refractivity (Wildman–Crippen MR) is 194 cm³/mol. The summed E-state index contributed by atoms with van der Waals surface area (Å²) >= 11 is 0. The van der Waals surface area contributed by atoms with Gasteiger partial charge in [-0.15, -0.1) is 0 Å². The Morgan fingerprint density at radius 1 is 0.463 bits per heavy atom. The van der Waals surface area contributed by atoms with Crippen LogP contribution < -0.4 is 21.2 Å². The van der Waals surface area contributed by atoms with Crippen LogP contribution in [0.2, 0.25) is 0 Å². The molecule has 1 unspecified atom stereocenters. The summed E-state index contributed by atoms with van der Waals surface area (Å²) in [7, 11) is -2.65. The van der Waals surface area contributed by atoms with E-state index >= 15 is 0 Å². The summed E-state index contributed by atoms with van der Waals surface area (Å²) in [6.07, 6.45) is 13.8. The maximum absolute atomic E-state index is 2.46. The first kappa shape index (κ1) is 32.1. The summed E-state index contributed by atoms with van der Waals surface area (Å²) in [6, 6.07) is 46.4. The van der Waals surface area contributed by atoms with Crippen LogP contribution in [-0.2, 0) is 0 Å². The van der Waals surface area contributed by atoms with Crippen LogP contribution in [0.5, 0.6) is 0 Å². The van der Waals surface area contributed by atoms with E-state index in [-0.39, 0.29) is 0 Å². The van der Waals surface area contributed by atoms with Crippen molar-refractivity contribution in [1.29, 1.82) is 0 Å². The van der Waals surface area contributed by atoms with E-state index in [4.69, 9.17) is 0 Å². The van der Waals surface area contributed by atoms with Crippen LogP contribution in [0.3, 0.4) is 0 Å². The second-order valence-electron chi connectivity index (χ2n) is 11.5. The summed E-state index contributed by atoms with van der Waals surface area (Å²) in [5, 5.41) is 6.99. The monoisotopic (exact) mass is 600 g/mol. The molecule has 4 aromatic carbocycles. The Kier molecular flexibility index (Phi) is 13.6. The Hall–Kier alpha value is -1.83. The first-order valence-corrected chi connectivity index (χ1v) is 21.6. The molecule has 0 saturated heterocycles. The maximum atomic E-state index is 2.46. The van der Waals surface area contributed by atoms with Crippen LogP contribution >= 0.6 is 23.1 Å². The number of unbranched alkanes of at least 4 members (excludes halogenated alkanes) is 3. The molecule has 0 aliphatic heterocycles. The summed E-state index contributed by atoms with van der Waals surface area (Å²) in [5.41, 5.74) is 0. The van der Waals surface area contributed by atoms with E-state index in [2.05, 4.69) is 142 Å². The zero-order valence-corrected chi connectivity index (χ0v) is 28.4. The van der Waals surface area contributed by atoms with Crippen molar-refractivity contribution in [2.24, 2.45) is 0 Å². The van der Waals surface area contributed by atoms with Gasteiger partial charge in [0.1, 0.15) is 0 Å². The summed E-state index contributed by atoms with van der Waals surface area (Å²) in [5.74, 6) is 0. The molecular formula is C38H51P3. The Morgan fingerprint density at radius 2 is 0.780 bits per heavy atom. The summed E-state index contributed by atoms with van der Waals surface area (Å²) in [6.45, 7) is 7.23. The topological polar surface area (TPSA) is 0 Å². The zero-order valence-electron chi connectivity index (χ0n) is 25.6. The van der Waals surface area contributed by atoms with Gasteiger partial charge < -0.3 is 0 Å². The summed E-state index contributed by atoms with van der Waals surface area (Å²) in [4.78, 5) is 0. The Morgan fingerprint density at radius 3 is 1.10 bits per heavy atom. The third-order valence-corrected chi connectivity index (χ3v) is 22.5. The van der Waals surface area contributed by atoms with Crippen LogP contribution in [0.4, 0.5) is 0 Å². The molecule has 3 heteroatoms. The van der Waals surface area contributed by atoms with Gasteiger partial charge in [-0.3, -0.25) is 0 Å². The second kappa shape index (κ2) is 17.3. The predicted octanol–water partition coefficient (Wildman–Crippen LogP) is 9.73. The number of hydrogen-bond acceptors (Lipinski definition) is 0. The van der Waals surface area contributed by atoms with Gasteiger partial charge in [-0.1, -0.05) is 0 Å². The molecule has 0 N–H and O–H groups in total. The minimum absolute atomic E-state index is 0.462. The van der Waals surface area contributed by atoms with E-state index < -0.39 is 23.1 Å². The van der Waals surface area contributed by atoms with Gasteiger partial charge in [0.2, 0.25) is 0 Å². The molecule has 0 aliphatic carbocycles. The van der Waals surface area contributed by atoms with Gasteiger partial charge in [-0.25, -0.2) is 0 Å². The van der Waals surface area contributed by atoms with Crippen molar-refractivity contribution in [2.45, 2.75) is 64.7 Å². The van der Waals surface area contributed by atoms with Crippen LogP contribution in [0.15, 0.2) is 121 Å². The van der Waals surface area contributed by atoms with Gasteiger partial charge in [-0.05, 0) is 0 Å². The van der Waals surface area contributed by atoms with E-state index in [1.165, 1.54) is 63.2 Å². The third-order valence-electron chi connectivity index (χ3n) is 8.66. The van der Waals surface area contributed by atoms with Crippen molar-refractivity contribution >= 4 is 44.3 Å². The minimum atomic E-state index is -1.70. The Balaban J connectivity index is 1.96. The zero-order chi connectivity index (χ0) is 28.8. The van der Waals surface area contributed by atoms with Crippen molar-refractivity contribution in [3.05, 3.63) is 121 Å². The van der Waals surface area contributed by atoms with Crippen LogP contribution in [0.25, 0.3) is 0 Å².